The first-order valence-corrected chi connectivity index (χ1v) is 5.05. The summed E-state index contributed by atoms with van der Waals surface area (Å²) in [5.74, 6) is 1.01. The molecule has 0 bridgehead atoms. The third-order valence-corrected chi connectivity index (χ3v) is 2.25. The largest absolute Gasteiger partial charge is 0.289 e. The van der Waals surface area contributed by atoms with E-state index < -0.39 is 11.0 Å². The maximum Gasteiger partial charge on any atom is 0.224 e. The summed E-state index contributed by atoms with van der Waals surface area (Å²) in [7, 11) is -1.09. The maximum atomic E-state index is 11.0. The minimum Gasteiger partial charge on any atom is -0.289 e. The highest BCUT2D eigenvalue weighted by Crippen LogP contribution is 2.06. The highest BCUT2D eigenvalue weighted by Gasteiger charge is 1.98. The molecular formula is C6H8ClN3OS. The van der Waals surface area contributed by atoms with Gasteiger partial charge in [-0.05, 0) is 17.7 Å². The van der Waals surface area contributed by atoms with Gasteiger partial charge in [0.2, 0.25) is 5.28 Å². The van der Waals surface area contributed by atoms with Gasteiger partial charge in [0, 0.05) is 11.9 Å². The molecule has 4 nitrogen and oxygen atoms in total. The zero-order chi connectivity index (χ0) is 8.97. The van der Waals surface area contributed by atoms with Crippen molar-refractivity contribution < 1.29 is 4.21 Å². The fraction of sp³-hybridized carbons (Fsp3) is 0.333. The third kappa shape index (κ3) is 2.75. The second-order valence-corrected chi connectivity index (χ2v) is 3.76. The van der Waals surface area contributed by atoms with Crippen LogP contribution in [0.1, 0.15) is 6.92 Å². The van der Waals surface area contributed by atoms with E-state index >= 15 is 0 Å². The number of nitrogens with one attached hydrogen (secondary N) is 1. The molecule has 0 spiro atoms. The SMILES string of the molecule is CCS(=O)Nc1ccnc(Cl)n1. The summed E-state index contributed by atoms with van der Waals surface area (Å²) >= 11 is 5.51. The number of halogens is 1. The van der Waals surface area contributed by atoms with Crippen molar-refractivity contribution in [2.45, 2.75) is 6.92 Å². The average molecular weight is 206 g/mol. The monoisotopic (exact) mass is 205 g/mol. The molecule has 0 aliphatic carbocycles. The highest BCUT2D eigenvalue weighted by molar-refractivity contribution is 7.86. The van der Waals surface area contributed by atoms with Crippen molar-refractivity contribution in [3.8, 4) is 0 Å². The fourth-order valence-corrected chi connectivity index (χ4v) is 1.22. The molecule has 0 aromatic carbocycles. The van der Waals surface area contributed by atoms with Crippen LogP contribution in [0.2, 0.25) is 5.28 Å². The standard InChI is InChI=1S/C6H8ClN3OS/c1-2-12(11)10-5-3-4-8-6(7)9-5/h3-4H,2H2,1H3,(H,8,9,10). The second kappa shape index (κ2) is 4.37. The Hall–Kier alpha value is -0.680. The Kier molecular flexibility index (Phi) is 3.43. The molecule has 0 saturated carbocycles. The molecule has 0 amide bonds. The number of aromatic nitrogens is 2. The first-order chi connectivity index (χ1) is 5.72. The zero-order valence-electron chi connectivity index (χ0n) is 6.45. The second-order valence-electron chi connectivity index (χ2n) is 1.95. The van der Waals surface area contributed by atoms with Crippen LogP contribution in [0.15, 0.2) is 12.3 Å². The van der Waals surface area contributed by atoms with Crippen molar-refractivity contribution in [2.75, 3.05) is 10.5 Å². The van der Waals surface area contributed by atoms with Gasteiger partial charge < -0.3 is 0 Å². The predicted molar refractivity (Wildman–Crippen MR) is 49.3 cm³/mol. The predicted octanol–water partition coefficient (Wildman–Crippen LogP) is 1.23. The van der Waals surface area contributed by atoms with Crippen LogP contribution in [0.25, 0.3) is 0 Å². The van der Waals surface area contributed by atoms with Crippen LogP contribution in [-0.2, 0) is 11.0 Å². The van der Waals surface area contributed by atoms with Crippen LogP contribution in [0.5, 0.6) is 0 Å². The van der Waals surface area contributed by atoms with Gasteiger partial charge in [0.15, 0.2) is 0 Å². The van der Waals surface area contributed by atoms with Crippen LogP contribution in [0.3, 0.4) is 0 Å². The smallest absolute Gasteiger partial charge is 0.224 e. The van der Waals surface area contributed by atoms with E-state index in [2.05, 4.69) is 14.7 Å². The van der Waals surface area contributed by atoms with Gasteiger partial charge in [-0.15, -0.1) is 0 Å². The lowest BCUT2D eigenvalue weighted by Crippen LogP contribution is -2.07. The third-order valence-electron chi connectivity index (χ3n) is 1.11. The van der Waals surface area contributed by atoms with E-state index in [1.807, 2.05) is 6.92 Å². The van der Waals surface area contributed by atoms with Gasteiger partial charge in [0.1, 0.15) is 16.8 Å². The highest BCUT2D eigenvalue weighted by atomic mass is 35.5. The Morgan fingerprint density at radius 3 is 3.08 bits per heavy atom. The van der Waals surface area contributed by atoms with Gasteiger partial charge in [0.25, 0.3) is 0 Å². The summed E-state index contributed by atoms with van der Waals surface area (Å²) in [5.41, 5.74) is 0. The first-order valence-electron chi connectivity index (χ1n) is 3.36. The van der Waals surface area contributed by atoms with Crippen LogP contribution in [0.4, 0.5) is 5.82 Å². The Bertz CT molecular complexity index is 294. The molecule has 1 aromatic rings. The summed E-state index contributed by atoms with van der Waals surface area (Å²) in [6, 6.07) is 1.61. The maximum absolute atomic E-state index is 11.0. The summed E-state index contributed by atoms with van der Waals surface area (Å²) in [6.07, 6.45) is 1.50. The van der Waals surface area contributed by atoms with Crippen molar-refractivity contribution >= 4 is 28.4 Å². The summed E-state index contributed by atoms with van der Waals surface area (Å²) in [6.45, 7) is 1.81. The summed E-state index contributed by atoms with van der Waals surface area (Å²) in [4.78, 5) is 7.50. The first kappa shape index (κ1) is 9.41. The quantitative estimate of drug-likeness (QED) is 0.756. The van der Waals surface area contributed by atoms with E-state index in [0.29, 0.717) is 11.6 Å². The van der Waals surface area contributed by atoms with E-state index in [0.717, 1.165) is 0 Å². The summed E-state index contributed by atoms with van der Waals surface area (Å²) < 4.78 is 13.7. The van der Waals surface area contributed by atoms with Gasteiger partial charge in [-0.25, -0.2) is 9.19 Å². The average Bonchev–Trinajstić information content (AvgIpc) is 2.04. The van der Waals surface area contributed by atoms with Gasteiger partial charge in [-0.1, -0.05) is 6.92 Å². The normalized spacial score (nSPS) is 12.5. The van der Waals surface area contributed by atoms with E-state index in [9.17, 15) is 4.21 Å². The van der Waals surface area contributed by atoms with Gasteiger partial charge in [0.05, 0.1) is 0 Å². The molecule has 66 valence electrons. The van der Waals surface area contributed by atoms with Crippen LogP contribution in [-0.4, -0.2) is 19.9 Å². The molecule has 1 unspecified atom stereocenters. The zero-order valence-corrected chi connectivity index (χ0v) is 8.02. The fourth-order valence-electron chi connectivity index (χ4n) is 0.581. The Balaban J connectivity index is 2.69. The van der Waals surface area contributed by atoms with Gasteiger partial charge >= 0.3 is 0 Å². The molecule has 1 N–H and O–H groups in total. The topological polar surface area (TPSA) is 54.9 Å². The lowest BCUT2D eigenvalue weighted by molar-refractivity contribution is 0.687. The van der Waals surface area contributed by atoms with Crippen molar-refractivity contribution in [3.63, 3.8) is 0 Å². The molecule has 6 heteroatoms. The molecule has 0 radical (unpaired) electrons. The molecule has 0 fully saturated rings. The number of nitrogens with zero attached hydrogens (tertiary/aromatic N) is 2. The molecule has 1 heterocycles. The minimum absolute atomic E-state index is 0.146. The van der Waals surface area contributed by atoms with Crippen molar-refractivity contribution in [2.24, 2.45) is 0 Å². The van der Waals surface area contributed by atoms with Crippen LogP contribution >= 0.6 is 11.6 Å². The van der Waals surface area contributed by atoms with E-state index in [4.69, 9.17) is 11.6 Å². The van der Waals surface area contributed by atoms with Crippen molar-refractivity contribution in [1.82, 2.24) is 9.97 Å². The Morgan fingerprint density at radius 1 is 1.75 bits per heavy atom. The molecular weight excluding hydrogens is 198 g/mol. The number of rotatable bonds is 3. The minimum atomic E-state index is -1.09. The van der Waals surface area contributed by atoms with Crippen molar-refractivity contribution in [3.05, 3.63) is 17.5 Å². The lowest BCUT2D eigenvalue weighted by atomic mass is 10.6. The molecule has 1 atom stereocenters. The number of hydrogen-bond acceptors (Lipinski definition) is 3. The molecule has 1 rings (SSSR count). The van der Waals surface area contributed by atoms with E-state index in [1.165, 1.54) is 6.20 Å². The lowest BCUT2D eigenvalue weighted by Gasteiger charge is -2.01. The van der Waals surface area contributed by atoms with E-state index in [-0.39, 0.29) is 5.28 Å². The molecule has 1 aromatic heterocycles. The Morgan fingerprint density at radius 2 is 2.50 bits per heavy atom. The van der Waals surface area contributed by atoms with Crippen LogP contribution < -0.4 is 4.72 Å². The molecule has 0 aliphatic rings. The number of hydrogen-bond donors (Lipinski definition) is 1. The summed E-state index contributed by atoms with van der Waals surface area (Å²) in [5, 5.41) is 0.146. The Labute approximate surface area is 78.0 Å². The van der Waals surface area contributed by atoms with Gasteiger partial charge in [-0.2, -0.15) is 4.98 Å². The van der Waals surface area contributed by atoms with Crippen molar-refractivity contribution in [1.29, 1.82) is 0 Å². The molecule has 0 saturated heterocycles. The van der Waals surface area contributed by atoms with Crippen LogP contribution in [0, 0.1) is 0 Å². The van der Waals surface area contributed by atoms with Gasteiger partial charge in [-0.3, -0.25) is 4.72 Å². The molecule has 12 heavy (non-hydrogen) atoms. The number of anilines is 1. The molecule has 0 aliphatic heterocycles. The van der Waals surface area contributed by atoms with E-state index in [1.54, 1.807) is 6.07 Å².